The Morgan fingerprint density at radius 2 is 1.52 bits per heavy atom. The summed E-state index contributed by atoms with van der Waals surface area (Å²) in [5.74, 6) is 0.917. The highest BCUT2D eigenvalue weighted by atomic mass is 15.2. The molecular formula is C19H38N2. The van der Waals surface area contributed by atoms with Crippen LogP contribution in [0, 0.1) is 11.3 Å². The minimum Gasteiger partial charge on any atom is -0.313 e. The number of rotatable bonds is 3. The summed E-state index contributed by atoms with van der Waals surface area (Å²) in [6.45, 7) is 13.3. The van der Waals surface area contributed by atoms with Gasteiger partial charge in [-0.1, -0.05) is 53.4 Å². The van der Waals surface area contributed by atoms with Crippen LogP contribution in [0.4, 0.5) is 0 Å². The molecule has 2 heteroatoms. The Bertz CT molecular complexity index is 286. The zero-order chi connectivity index (χ0) is 15.3. The van der Waals surface area contributed by atoms with E-state index in [1.807, 2.05) is 0 Å². The first-order valence-electron chi connectivity index (χ1n) is 9.49. The molecule has 1 aliphatic heterocycles. The molecule has 1 aliphatic carbocycles. The Balaban J connectivity index is 1.94. The van der Waals surface area contributed by atoms with Gasteiger partial charge in [0.1, 0.15) is 0 Å². The first-order chi connectivity index (χ1) is 10.0. The predicted molar refractivity (Wildman–Crippen MR) is 92.7 cm³/mol. The lowest BCUT2D eigenvalue weighted by molar-refractivity contribution is 0.0592. The van der Waals surface area contributed by atoms with E-state index < -0.39 is 0 Å². The van der Waals surface area contributed by atoms with Crippen molar-refractivity contribution in [1.82, 2.24) is 10.2 Å². The fourth-order valence-electron chi connectivity index (χ4n) is 4.50. The van der Waals surface area contributed by atoms with E-state index in [2.05, 4.69) is 37.9 Å². The van der Waals surface area contributed by atoms with Crippen LogP contribution in [0.5, 0.6) is 0 Å². The molecule has 2 atom stereocenters. The van der Waals surface area contributed by atoms with Crippen molar-refractivity contribution in [2.24, 2.45) is 11.3 Å². The monoisotopic (exact) mass is 294 g/mol. The summed E-state index contributed by atoms with van der Waals surface area (Å²) in [6, 6.07) is 1.53. The third kappa shape index (κ3) is 4.96. The van der Waals surface area contributed by atoms with E-state index in [9.17, 15) is 0 Å². The average Bonchev–Trinajstić information content (AvgIpc) is 2.41. The first kappa shape index (κ1) is 17.3. The third-order valence-corrected chi connectivity index (χ3v) is 5.92. The molecular weight excluding hydrogens is 256 g/mol. The number of likely N-dealkylation sites (tertiary alicyclic amines) is 1. The smallest absolute Gasteiger partial charge is 0.0249 e. The molecule has 1 saturated carbocycles. The van der Waals surface area contributed by atoms with Crippen LogP contribution >= 0.6 is 0 Å². The maximum Gasteiger partial charge on any atom is 0.0249 e. The van der Waals surface area contributed by atoms with E-state index in [1.165, 1.54) is 64.5 Å². The quantitative estimate of drug-likeness (QED) is 0.827. The third-order valence-electron chi connectivity index (χ3n) is 5.92. The van der Waals surface area contributed by atoms with Gasteiger partial charge < -0.3 is 5.32 Å². The topological polar surface area (TPSA) is 15.3 Å². The molecule has 0 aromatic rings. The molecule has 124 valence electrons. The molecule has 21 heavy (non-hydrogen) atoms. The van der Waals surface area contributed by atoms with Gasteiger partial charge >= 0.3 is 0 Å². The van der Waals surface area contributed by atoms with Crippen LogP contribution in [0.25, 0.3) is 0 Å². The van der Waals surface area contributed by atoms with Gasteiger partial charge in [-0.3, -0.25) is 4.90 Å². The van der Waals surface area contributed by atoms with Crippen molar-refractivity contribution >= 4 is 0 Å². The maximum absolute atomic E-state index is 3.80. The Kier molecular flexibility index (Phi) is 6.55. The lowest BCUT2D eigenvalue weighted by Gasteiger charge is -2.45. The molecule has 0 bridgehead atoms. The normalized spacial score (nSPS) is 30.9. The highest BCUT2D eigenvalue weighted by molar-refractivity contribution is 4.90. The Morgan fingerprint density at radius 3 is 2.10 bits per heavy atom. The number of likely N-dealkylation sites (N-methyl/N-ethyl adjacent to an activating group) is 1. The molecule has 2 aliphatic rings. The molecule has 0 aromatic heterocycles. The molecule has 0 radical (unpaired) electrons. The van der Waals surface area contributed by atoms with Gasteiger partial charge in [-0.15, -0.1) is 0 Å². The second-order valence-electron chi connectivity index (χ2n) is 8.40. The van der Waals surface area contributed by atoms with Crippen LogP contribution in [0.2, 0.25) is 0 Å². The maximum atomic E-state index is 3.80. The predicted octanol–water partition coefficient (Wildman–Crippen LogP) is 4.45. The number of hydrogen-bond acceptors (Lipinski definition) is 2. The Labute approximate surface area is 133 Å². The zero-order valence-electron chi connectivity index (χ0n) is 15.0. The van der Waals surface area contributed by atoms with E-state index >= 15 is 0 Å². The summed E-state index contributed by atoms with van der Waals surface area (Å²) in [5, 5.41) is 3.80. The second kappa shape index (κ2) is 7.97. The summed E-state index contributed by atoms with van der Waals surface area (Å²) in [5.41, 5.74) is 0.494. The fraction of sp³-hybridized carbons (Fsp3) is 1.00. The van der Waals surface area contributed by atoms with Gasteiger partial charge in [0.15, 0.2) is 0 Å². The van der Waals surface area contributed by atoms with Crippen molar-refractivity contribution in [2.45, 2.75) is 91.1 Å². The number of piperidine rings is 1. The number of nitrogens with zero attached hydrogens (tertiary/aromatic N) is 1. The highest BCUT2D eigenvalue weighted by Crippen LogP contribution is 2.35. The molecule has 0 aromatic carbocycles. The van der Waals surface area contributed by atoms with Crippen molar-refractivity contribution in [2.75, 3.05) is 19.6 Å². The van der Waals surface area contributed by atoms with Crippen molar-refractivity contribution in [3.63, 3.8) is 0 Å². The van der Waals surface area contributed by atoms with Gasteiger partial charge in [-0.25, -0.2) is 0 Å². The molecule has 1 saturated heterocycles. The largest absolute Gasteiger partial charge is 0.313 e. The van der Waals surface area contributed by atoms with Crippen LogP contribution in [-0.4, -0.2) is 36.6 Å². The summed E-state index contributed by atoms with van der Waals surface area (Å²) >= 11 is 0. The average molecular weight is 295 g/mol. The van der Waals surface area contributed by atoms with E-state index in [0.717, 1.165) is 24.5 Å². The van der Waals surface area contributed by atoms with Gasteiger partial charge in [0, 0.05) is 12.1 Å². The Hall–Kier alpha value is -0.0800. The summed E-state index contributed by atoms with van der Waals surface area (Å²) in [7, 11) is 0. The van der Waals surface area contributed by atoms with Crippen LogP contribution < -0.4 is 5.32 Å². The minimum absolute atomic E-state index is 0.494. The van der Waals surface area contributed by atoms with Gasteiger partial charge in [0.05, 0.1) is 0 Å². The lowest BCUT2D eigenvalue weighted by atomic mass is 9.75. The fourth-order valence-corrected chi connectivity index (χ4v) is 4.50. The van der Waals surface area contributed by atoms with Crippen molar-refractivity contribution in [1.29, 1.82) is 0 Å². The summed E-state index contributed by atoms with van der Waals surface area (Å²) in [4.78, 5) is 2.83. The molecule has 0 amide bonds. The van der Waals surface area contributed by atoms with Crippen LogP contribution in [0.1, 0.15) is 79.1 Å². The molecule has 2 rings (SSSR count). The summed E-state index contributed by atoms with van der Waals surface area (Å²) in [6.07, 6.45) is 11.4. The molecule has 2 unspecified atom stereocenters. The molecule has 1 N–H and O–H groups in total. The van der Waals surface area contributed by atoms with Crippen molar-refractivity contribution in [3.05, 3.63) is 0 Å². The molecule has 2 fully saturated rings. The van der Waals surface area contributed by atoms with Crippen LogP contribution in [0.15, 0.2) is 0 Å². The molecule has 2 nitrogen and oxygen atoms in total. The van der Waals surface area contributed by atoms with Gasteiger partial charge in [0.25, 0.3) is 0 Å². The Morgan fingerprint density at radius 1 is 0.905 bits per heavy atom. The first-order valence-corrected chi connectivity index (χ1v) is 9.49. The lowest BCUT2D eigenvalue weighted by Crippen LogP contribution is -2.53. The molecule has 0 spiro atoms. The van der Waals surface area contributed by atoms with Crippen LogP contribution in [-0.2, 0) is 0 Å². The number of nitrogens with one attached hydrogen (secondary N) is 1. The van der Waals surface area contributed by atoms with Crippen molar-refractivity contribution < 1.29 is 0 Å². The van der Waals surface area contributed by atoms with E-state index in [0.29, 0.717) is 5.41 Å². The molecule has 1 heterocycles. The van der Waals surface area contributed by atoms with Gasteiger partial charge in [-0.2, -0.15) is 0 Å². The second-order valence-corrected chi connectivity index (χ2v) is 8.40. The van der Waals surface area contributed by atoms with Crippen molar-refractivity contribution in [3.8, 4) is 0 Å². The zero-order valence-corrected chi connectivity index (χ0v) is 15.0. The summed E-state index contributed by atoms with van der Waals surface area (Å²) < 4.78 is 0. The minimum atomic E-state index is 0.494. The van der Waals surface area contributed by atoms with Gasteiger partial charge in [-0.05, 0) is 56.7 Å². The standard InChI is InChI=1S/C19H38N2/c1-5-20-17-10-8-6-7-9-11-18(17)21-14-12-16(13-15-21)19(2,3)4/h16-18,20H,5-15H2,1-4H3. The van der Waals surface area contributed by atoms with Gasteiger partial charge in [0.2, 0.25) is 0 Å². The van der Waals surface area contributed by atoms with E-state index in [-0.39, 0.29) is 0 Å². The van der Waals surface area contributed by atoms with E-state index in [1.54, 1.807) is 0 Å². The van der Waals surface area contributed by atoms with Crippen LogP contribution in [0.3, 0.4) is 0 Å². The van der Waals surface area contributed by atoms with E-state index in [4.69, 9.17) is 0 Å². The highest BCUT2D eigenvalue weighted by Gasteiger charge is 2.33. The number of hydrogen-bond donors (Lipinski definition) is 1. The SMILES string of the molecule is CCNC1CCCCCCC1N1CCC(C(C)(C)C)CC1.